The van der Waals surface area contributed by atoms with Gasteiger partial charge in [-0.15, -0.1) is 11.3 Å². The highest BCUT2D eigenvalue weighted by molar-refractivity contribution is 7.97. The van der Waals surface area contributed by atoms with Crippen molar-refractivity contribution in [1.82, 2.24) is 14.8 Å². The highest BCUT2D eigenvalue weighted by Crippen LogP contribution is 2.43. The molecular formula is C19H19F2N3S2. The van der Waals surface area contributed by atoms with Crippen LogP contribution in [-0.2, 0) is 12.3 Å². The second-order valence-corrected chi connectivity index (χ2v) is 8.58. The summed E-state index contributed by atoms with van der Waals surface area (Å²) >= 11 is 3.32. The Morgan fingerprint density at radius 2 is 1.88 bits per heavy atom. The minimum Gasteiger partial charge on any atom is -0.245 e. The van der Waals surface area contributed by atoms with Gasteiger partial charge in [0.05, 0.1) is 10.6 Å². The van der Waals surface area contributed by atoms with Crippen molar-refractivity contribution in [2.45, 2.75) is 31.1 Å². The van der Waals surface area contributed by atoms with Gasteiger partial charge in [-0.2, -0.15) is 16.9 Å². The van der Waals surface area contributed by atoms with Crippen LogP contribution in [0.15, 0.2) is 42.5 Å². The number of aromatic nitrogens is 3. The van der Waals surface area contributed by atoms with Crippen LogP contribution in [0.1, 0.15) is 18.7 Å². The van der Waals surface area contributed by atoms with Gasteiger partial charge in [-0.05, 0) is 29.9 Å². The third kappa shape index (κ3) is 3.69. The summed E-state index contributed by atoms with van der Waals surface area (Å²) in [5.74, 6) is -0.264. The van der Waals surface area contributed by atoms with Crippen LogP contribution in [0.25, 0.3) is 21.1 Å². The van der Waals surface area contributed by atoms with Crippen LogP contribution in [0.5, 0.6) is 0 Å². The fourth-order valence-electron chi connectivity index (χ4n) is 3.26. The molecule has 1 fully saturated rings. The van der Waals surface area contributed by atoms with Gasteiger partial charge in [-0.25, -0.2) is 18.4 Å². The third-order valence-corrected chi connectivity index (χ3v) is 6.16. The molecule has 0 aliphatic heterocycles. The lowest BCUT2D eigenvalue weighted by Gasteiger charge is -2.34. The Balaban J connectivity index is 1.61. The van der Waals surface area contributed by atoms with Gasteiger partial charge in [-0.1, -0.05) is 30.3 Å². The molecule has 3 nitrogen and oxygen atoms in total. The first kappa shape index (κ1) is 17.7. The van der Waals surface area contributed by atoms with Gasteiger partial charge in [0.15, 0.2) is 11.6 Å². The number of hydrogen-bond donors (Lipinski definition) is 0. The van der Waals surface area contributed by atoms with Gasteiger partial charge in [0.25, 0.3) is 0 Å². The Kier molecular flexibility index (Phi) is 4.84. The van der Waals surface area contributed by atoms with Crippen LogP contribution in [0.2, 0.25) is 0 Å². The van der Waals surface area contributed by atoms with Crippen molar-refractivity contribution in [3.05, 3.63) is 48.3 Å². The normalized spacial score (nSPS) is 16.6. The van der Waals surface area contributed by atoms with Crippen LogP contribution < -0.4 is 0 Å². The second-order valence-electron chi connectivity index (χ2n) is 6.63. The standard InChI is InChI=1S/C19H19F2N3S2/c1-25-12-17-22-18(24(23-17)11-13-9-19(20,21)10-13)16-8-7-15(26-16)14-5-3-2-4-6-14/h2-8,13H,9-12H2,1H3. The number of benzene rings is 1. The Hall–Kier alpha value is -1.73. The van der Waals surface area contributed by atoms with E-state index in [1.165, 1.54) is 0 Å². The molecule has 0 unspecified atom stereocenters. The molecule has 1 aliphatic carbocycles. The Bertz CT molecular complexity index is 881. The van der Waals surface area contributed by atoms with E-state index in [9.17, 15) is 8.78 Å². The zero-order valence-corrected chi connectivity index (χ0v) is 16.0. The van der Waals surface area contributed by atoms with Crippen molar-refractivity contribution >= 4 is 23.1 Å². The molecule has 2 heterocycles. The highest BCUT2D eigenvalue weighted by atomic mass is 32.2. The number of thiophene rings is 1. The molecule has 4 rings (SSSR count). The van der Waals surface area contributed by atoms with Gasteiger partial charge in [-0.3, -0.25) is 0 Å². The van der Waals surface area contributed by atoms with Gasteiger partial charge in [0.1, 0.15) is 0 Å². The molecule has 136 valence electrons. The molecule has 0 bridgehead atoms. The Labute approximate surface area is 159 Å². The predicted octanol–water partition coefficient (Wildman–Crippen LogP) is 5.58. The maximum Gasteiger partial charge on any atom is 0.248 e. The average molecular weight is 392 g/mol. The van der Waals surface area contributed by atoms with Crippen molar-refractivity contribution in [1.29, 1.82) is 0 Å². The summed E-state index contributed by atoms with van der Waals surface area (Å²) in [5, 5.41) is 4.57. The van der Waals surface area contributed by atoms with Gasteiger partial charge < -0.3 is 0 Å². The minimum atomic E-state index is -2.50. The lowest BCUT2D eigenvalue weighted by atomic mass is 9.81. The molecule has 0 amide bonds. The maximum atomic E-state index is 13.2. The van der Waals surface area contributed by atoms with Crippen molar-refractivity contribution in [3.8, 4) is 21.1 Å². The second kappa shape index (κ2) is 7.12. The number of hydrogen-bond acceptors (Lipinski definition) is 4. The summed E-state index contributed by atoms with van der Waals surface area (Å²) < 4.78 is 28.2. The quantitative estimate of drug-likeness (QED) is 0.549. The molecular weight excluding hydrogens is 372 g/mol. The minimum absolute atomic E-state index is 0.0267. The Morgan fingerprint density at radius 1 is 1.15 bits per heavy atom. The molecule has 1 aliphatic rings. The van der Waals surface area contributed by atoms with Gasteiger partial charge in [0.2, 0.25) is 5.92 Å². The Morgan fingerprint density at radius 3 is 2.58 bits per heavy atom. The van der Waals surface area contributed by atoms with Crippen LogP contribution in [0.4, 0.5) is 8.78 Å². The lowest BCUT2D eigenvalue weighted by Crippen LogP contribution is -2.37. The van der Waals surface area contributed by atoms with Gasteiger partial charge >= 0.3 is 0 Å². The monoisotopic (exact) mass is 391 g/mol. The van der Waals surface area contributed by atoms with Crippen molar-refractivity contribution in [2.75, 3.05) is 6.26 Å². The van der Waals surface area contributed by atoms with Crippen molar-refractivity contribution in [2.24, 2.45) is 5.92 Å². The van der Waals surface area contributed by atoms with E-state index >= 15 is 0 Å². The molecule has 2 aromatic heterocycles. The summed E-state index contributed by atoms with van der Waals surface area (Å²) in [4.78, 5) is 6.87. The van der Waals surface area contributed by atoms with Gasteiger partial charge in [0, 0.05) is 24.3 Å². The van der Waals surface area contributed by atoms with E-state index in [1.807, 2.05) is 35.2 Å². The molecule has 3 aromatic rings. The fourth-order valence-corrected chi connectivity index (χ4v) is 4.65. The van der Waals surface area contributed by atoms with E-state index in [0.29, 0.717) is 6.54 Å². The van der Waals surface area contributed by atoms with Crippen molar-refractivity contribution < 1.29 is 8.78 Å². The summed E-state index contributed by atoms with van der Waals surface area (Å²) in [6.07, 6.45) is 1.90. The number of thioether (sulfide) groups is 1. The third-order valence-electron chi connectivity index (χ3n) is 4.48. The first-order chi connectivity index (χ1) is 12.5. The summed E-state index contributed by atoms with van der Waals surface area (Å²) in [6, 6.07) is 14.3. The topological polar surface area (TPSA) is 30.7 Å². The highest BCUT2D eigenvalue weighted by Gasteiger charge is 2.45. The smallest absolute Gasteiger partial charge is 0.245 e. The number of halogens is 2. The van der Waals surface area contributed by atoms with E-state index < -0.39 is 5.92 Å². The largest absolute Gasteiger partial charge is 0.248 e. The molecule has 7 heteroatoms. The van der Waals surface area contributed by atoms with E-state index in [-0.39, 0.29) is 18.8 Å². The molecule has 0 radical (unpaired) electrons. The van der Waals surface area contributed by atoms with Crippen LogP contribution in [-0.4, -0.2) is 26.9 Å². The molecule has 1 aromatic carbocycles. The fraction of sp³-hybridized carbons (Fsp3) is 0.368. The molecule has 0 saturated heterocycles. The predicted molar refractivity (Wildman–Crippen MR) is 104 cm³/mol. The summed E-state index contributed by atoms with van der Waals surface area (Å²) in [6.45, 7) is 0.505. The van der Waals surface area contributed by atoms with E-state index in [2.05, 4.69) is 28.3 Å². The number of rotatable bonds is 6. The number of alkyl halides is 2. The van der Waals surface area contributed by atoms with Crippen molar-refractivity contribution in [3.63, 3.8) is 0 Å². The maximum absolute atomic E-state index is 13.2. The molecule has 0 N–H and O–H groups in total. The molecule has 0 atom stereocenters. The summed E-state index contributed by atoms with van der Waals surface area (Å²) in [5.41, 5.74) is 1.16. The first-order valence-electron chi connectivity index (χ1n) is 8.50. The van der Waals surface area contributed by atoms with E-state index in [0.717, 1.165) is 32.7 Å². The van der Waals surface area contributed by atoms with Crippen LogP contribution in [0, 0.1) is 5.92 Å². The zero-order valence-electron chi connectivity index (χ0n) is 14.4. The van der Waals surface area contributed by atoms with E-state index in [1.54, 1.807) is 23.1 Å². The number of nitrogens with zero attached hydrogens (tertiary/aromatic N) is 3. The van der Waals surface area contributed by atoms with Crippen LogP contribution >= 0.6 is 23.1 Å². The zero-order chi connectivity index (χ0) is 18.1. The molecule has 26 heavy (non-hydrogen) atoms. The SMILES string of the molecule is CSCc1nc(-c2ccc(-c3ccccc3)s2)n(CC2CC(F)(F)C2)n1. The van der Waals surface area contributed by atoms with E-state index in [4.69, 9.17) is 0 Å². The lowest BCUT2D eigenvalue weighted by molar-refractivity contribution is -0.114. The molecule has 0 spiro atoms. The average Bonchev–Trinajstić information content (AvgIpc) is 3.21. The molecule has 1 saturated carbocycles. The van der Waals surface area contributed by atoms with Crippen LogP contribution in [0.3, 0.4) is 0 Å². The first-order valence-corrected chi connectivity index (χ1v) is 10.7. The summed E-state index contributed by atoms with van der Waals surface area (Å²) in [7, 11) is 0.